The quantitative estimate of drug-likeness (QED) is 0.631. The largest absolute Gasteiger partial charge is 0.497 e. The number of benzene rings is 1. The maximum Gasteiger partial charge on any atom is 0.277 e. The molecule has 7 nitrogen and oxygen atoms in total. The number of methoxy groups -OCH3 is 1. The van der Waals surface area contributed by atoms with Gasteiger partial charge in [-0.3, -0.25) is 4.79 Å². The van der Waals surface area contributed by atoms with Crippen LogP contribution in [0.15, 0.2) is 52.2 Å². The van der Waals surface area contributed by atoms with E-state index in [-0.39, 0.29) is 11.2 Å². The molecule has 0 aliphatic rings. The van der Waals surface area contributed by atoms with Gasteiger partial charge in [0.2, 0.25) is 5.91 Å². The van der Waals surface area contributed by atoms with Gasteiger partial charge in [-0.25, -0.2) is 0 Å². The van der Waals surface area contributed by atoms with Crippen molar-refractivity contribution < 1.29 is 13.9 Å². The lowest BCUT2D eigenvalue weighted by Crippen LogP contribution is -2.30. The number of aromatic nitrogens is 3. The summed E-state index contributed by atoms with van der Waals surface area (Å²) in [5.41, 5.74) is 1.74. The van der Waals surface area contributed by atoms with Gasteiger partial charge in [-0.2, -0.15) is 0 Å². The molecule has 2 N–H and O–H groups in total. The molecule has 0 aliphatic carbocycles. The monoisotopic (exact) mass is 358 g/mol. The normalized spacial score (nSPS) is 11.9. The number of carbonyl (C=O) groups is 1. The molecular formula is C17H18N4O3S. The lowest BCUT2D eigenvalue weighted by Gasteiger charge is -2.10. The van der Waals surface area contributed by atoms with Crippen LogP contribution in [-0.2, 0) is 11.3 Å². The predicted molar refractivity (Wildman–Crippen MR) is 94.2 cm³/mol. The summed E-state index contributed by atoms with van der Waals surface area (Å²) < 4.78 is 10.7. The fourth-order valence-corrected chi connectivity index (χ4v) is 2.82. The summed E-state index contributed by atoms with van der Waals surface area (Å²) in [6.07, 6.45) is 1.78. The zero-order valence-corrected chi connectivity index (χ0v) is 14.7. The summed E-state index contributed by atoms with van der Waals surface area (Å²) in [6, 6.07) is 11.2. The molecule has 3 aromatic rings. The molecule has 0 bridgehead atoms. The second-order valence-corrected chi connectivity index (χ2v) is 6.57. The molecule has 0 saturated heterocycles. The fraction of sp³-hybridized carbons (Fsp3) is 0.235. The van der Waals surface area contributed by atoms with Crippen LogP contribution in [0.4, 0.5) is 0 Å². The number of H-pyrrole nitrogens is 1. The molecule has 8 heteroatoms. The van der Waals surface area contributed by atoms with E-state index in [1.54, 1.807) is 20.2 Å². The standard InChI is InChI=1S/C17H18N4O3S/c1-11(15(22)19-10-12-5-7-13(23-2)8-6-12)25-17-21-20-16(24-17)14-4-3-9-18-14/h3-9,11,18H,10H2,1-2H3,(H,19,22)/t11-/m1/s1. The lowest BCUT2D eigenvalue weighted by atomic mass is 10.2. The highest BCUT2D eigenvalue weighted by Crippen LogP contribution is 2.25. The van der Waals surface area contributed by atoms with Crippen molar-refractivity contribution in [3.05, 3.63) is 48.2 Å². The Morgan fingerprint density at radius 1 is 1.32 bits per heavy atom. The fourth-order valence-electron chi connectivity index (χ4n) is 2.11. The van der Waals surface area contributed by atoms with Crippen LogP contribution in [0, 0.1) is 0 Å². The molecule has 25 heavy (non-hydrogen) atoms. The number of aromatic amines is 1. The second kappa shape index (κ2) is 7.89. The number of hydrogen-bond donors (Lipinski definition) is 2. The van der Waals surface area contributed by atoms with Crippen LogP contribution in [0.1, 0.15) is 12.5 Å². The van der Waals surface area contributed by atoms with Crippen molar-refractivity contribution in [1.29, 1.82) is 0 Å². The van der Waals surface area contributed by atoms with Crippen LogP contribution >= 0.6 is 11.8 Å². The van der Waals surface area contributed by atoms with Gasteiger partial charge in [0.05, 0.1) is 12.4 Å². The van der Waals surface area contributed by atoms with Crippen molar-refractivity contribution in [3.8, 4) is 17.3 Å². The molecule has 2 aromatic heterocycles. The number of nitrogens with zero attached hydrogens (tertiary/aromatic N) is 2. The van der Waals surface area contributed by atoms with E-state index in [0.29, 0.717) is 17.7 Å². The third-order valence-corrected chi connectivity index (χ3v) is 4.44. The molecule has 2 heterocycles. The molecule has 0 radical (unpaired) electrons. The molecule has 3 rings (SSSR count). The third kappa shape index (κ3) is 4.42. The van der Waals surface area contributed by atoms with Crippen LogP contribution in [0.25, 0.3) is 11.6 Å². The average molecular weight is 358 g/mol. The number of ether oxygens (including phenoxy) is 1. The van der Waals surface area contributed by atoms with E-state index in [9.17, 15) is 4.79 Å². The van der Waals surface area contributed by atoms with Crippen molar-refractivity contribution >= 4 is 17.7 Å². The van der Waals surface area contributed by atoms with Gasteiger partial charge in [0.25, 0.3) is 11.1 Å². The van der Waals surface area contributed by atoms with E-state index in [2.05, 4.69) is 20.5 Å². The van der Waals surface area contributed by atoms with Gasteiger partial charge in [-0.1, -0.05) is 23.9 Å². The first-order valence-corrected chi connectivity index (χ1v) is 8.58. The second-order valence-electron chi connectivity index (χ2n) is 5.28. The summed E-state index contributed by atoms with van der Waals surface area (Å²) >= 11 is 1.22. The summed E-state index contributed by atoms with van der Waals surface area (Å²) in [4.78, 5) is 15.2. The molecule has 1 aromatic carbocycles. The number of hydrogen-bond acceptors (Lipinski definition) is 6. The Balaban J connectivity index is 1.52. The molecule has 0 spiro atoms. The average Bonchev–Trinajstić information content (AvgIpc) is 3.31. The van der Waals surface area contributed by atoms with Gasteiger partial charge in [-0.05, 0) is 36.8 Å². The van der Waals surface area contributed by atoms with Gasteiger partial charge in [0.1, 0.15) is 11.4 Å². The number of nitrogens with one attached hydrogen (secondary N) is 2. The van der Waals surface area contributed by atoms with Crippen LogP contribution in [0.5, 0.6) is 5.75 Å². The van der Waals surface area contributed by atoms with E-state index in [4.69, 9.17) is 9.15 Å². The van der Waals surface area contributed by atoms with E-state index in [1.807, 2.05) is 36.4 Å². The van der Waals surface area contributed by atoms with Crippen LogP contribution in [-0.4, -0.2) is 33.4 Å². The van der Waals surface area contributed by atoms with E-state index in [0.717, 1.165) is 17.0 Å². The molecular weight excluding hydrogens is 340 g/mol. The zero-order valence-electron chi connectivity index (χ0n) is 13.9. The minimum Gasteiger partial charge on any atom is -0.497 e. The number of amides is 1. The molecule has 1 atom stereocenters. The van der Waals surface area contributed by atoms with Gasteiger partial charge < -0.3 is 19.5 Å². The number of rotatable bonds is 7. The first kappa shape index (κ1) is 17.1. The van der Waals surface area contributed by atoms with Crippen molar-refractivity contribution in [2.45, 2.75) is 23.9 Å². The molecule has 1 amide bonds. The highest BCUT2D eigenvalue weighted by molar-refractivity contribution is 8.00. The Morgan fingerprint density at radius 3 is 2.80 bits per heavy atom. The highest BCUT2D eigenvalue weighted by Gasteiger charge is 2.18. The van der Waals surface area contributed by atoms with E-state index >= 15 is 0 Å². The van der Waals surface area contributed by atoms with Crippen molar-refractivity contribution in [1.82, 2.24) is 20.5 Å². The Hall–Kier alpha value is -2.74. The maximum absolute atomic E-state index is 12.2. The minimum absolute atomic E-state index is 0.0968. The van der Waals surface area contributed by atoms with E-state index < -0.39 is 0 Å². The SMILES string of the molecule is COc1ccc(CNC(=O)[C@@H](C)Sc2nnc(-c3ccc[nH]3)o2)cc1. The molecule has 0 aliphatic heterocycles. The Bertz CT molecular complexity index is 815. The summed E-state index contributed by atoms with van der Waals surface area (Å²) in [5.74, 6) is 1.09. The van der Waals surface area contributed by atoms with Crippen LogP contribution in [0.2, 0.25) is 0 Å². The number of carbonyl (C=O) groups excluding carboxylic acids is 1. The Kier molecular flexibility index (Phi) is 5.39. The topological polar surface area (TPSA) is 93.0 Å². The summed E-state index contributed by atoms with van der Waals surface area (Å²) in [5, 5.41) is 10.8. The van der Waals surface area contributed by atoms with Gasteiger partial charge in [0, 0.05) is 12.7 Å². The Labute approximate surface area is 149 Å². The summed E-state index contributed by atoms with van der Waals surface area (Å²) in [6.45, 7) is 2.25. The molecule has 130 valence electrons. The minimum atomic E-state index is -0.352. The van der Waals surface area contributed by atoms with Crippen molar-refractivity contribution in [2.75, 3.05) is 7.11 Å². The molecule has 0 unspecified atom stereocenters. The van der Waals surface area contributed by atoms with E-state index in [1.165, 1.54) is 11.8 Å². The van der Waals surface area contributed by atoms with Gasteiger partial charge >= 0.3 is 0 Å². The van der Waals surface area contributed by atoms with Gasteiger partial charge in [-0.15, -0.1) is 10.2 Å². The van der Waals surface area contributed by atoms with Crippen molar-refractivity contribution in [3.63, 3.8) is 0 Å². The first-order valence-electron chi connectivity index (χ1n) is 7.70. The van der Waals surface area contributed by atoms with Crippen LogP contribution < -0.4 is 10.1 Å². The first-order chi connectivity index (χ1) is 12.2. The summed E-state index contributed by atoms with van der Waals surface area (Å²) in [7, 11) is 1.62. The Morgan fingerprint density at radius 2 is 2.12 bits per heavy atom. The molecule has 0 saturated carbocycles. The smallest absolute Gasteiger partial charge is 0.277 e. The van der Waals surface area contributed by atoms with Crippen molar-refractivity contribution in [2.24, 2.45) is 0 Å². The van der Waals surface area contributed by atoms with Gasteiger partial charge in [0.15, 0.2) is 0 Å². The molecule has 0 fully saturated rings. The van der Waals surface area contributed by atoms with Crippen LogP contribution in [0.3, 0.4) is 0 Å². The number of thioether (sulfide) groups is 1. The lowest BCUT2D eigenvalue weighted by molar-refractivity contribution is -0.120. The zero-order chi connectivity index (χ0) is 17.6. The third-order valence-electron chi connectivity index (χ3n) is 3.51. The predicted octanol–water partition coefficient (Wildman–Crippen LogP) is 2.87. The highest BCUT2D eigenvalue weighted by atomic mass is 32.2. The maximum atomic E-state index is 12.2.